The predicted molar refractivity (Wildman–Crippen MR) is 46.4 cm³/mol. The van der Waals surface area contributed by atoms with Crippen LogP contribution in [-0.4, -0.2) is 19.6 Å². The summed E-state index contributed by atoms with van der Waals surface area (Å²) in [7, 11) is 0. The first-order chi connectivity index (χ1) is 5.81. The molecule has 12 heavy (non-hydrogen) atoms. The Morgan fingerprint density at radius 2 is 2.33 bits per heavy atom. The second-order valence-corrected chi connectivity index (χ2v) is 3.07. The Hall–Kier alpha value is -1.01. The number of fused-ring (bicyclic) bond motifs is 1. The van der Waals surface area contributed by atoms with Gasteiger partial charge in [-0.2, -0.15) is 0 Å². The van der Waals surface area contributed by atoms with E-state index < -0.39 is 0 Å². The molecule has 0 unspecified atom stereocenters. The van der Waals surface area contributed by atoms with Crippen molar-refractivity contribution in [1.29, 1.82) is 0 Å². The van der Waals surface area contributed by atoms with Crippen molar-refractivity contribution in [3.63, 3.8) is 0 Å². The Morgan fingerprint density at radius 1 is 1.50 bits per heavy atom. The van der Waals surface area contributed by atoms with E-state index in [1.54, 1.807) is 16.8 Å². The monoisotopic (exact) mass is 227 g/mol. The van der Waals surface area contributed by atoms with Crippen LogP contribution < -0.4 is 5.73 Å². The van der Waals surface area contributed by atoms with Gasteiger partial charge in [0.1, 0.15) is 4.60 Å². The molecule has 0 aliphatic carbocycles. The highest BCUT2D eigenvalue weighted by atomic mass is 79.9. The van der Waals surface area contributed by atoms with Crippen LogP contribution in [0.25, 0.3) is 5.65 Å². The SMILES string of the molecule is NCc1nnc2cnc(Br)cn12. The second-order valence-electron chi connectivity index (χ2n) is 2.26. The van der Waals surface area contributed by atoms with Crippen LogP contribution in [0, 0.1) is 0 Å². The lowest BCUT2D eigenvalue weighted by Gasteiger charge is -1.95. The van der Waals surface area contributed by atoms with E-state index >= 15 is 0 Å². The Bertz CT molecular complexity index is 409. The normalized spacial score (nSPS) is 10.8. The molecule has 0 saturated carbocycles. The fraction of sp³-hybridized carbons (Fsp3) is 0.167. The molecule has 0 aliphatic heterocycles. The molecule has 0 spiro atoms. The van der Waals surface area contributed by atoms with E-state index in [4.69, 9.17) is 5.73 Å². The maximum absolute atomic E-state index is 5.45. The van der Waals surface area contributed by atoms with Gasteiger partial charge in [-0.05, 0) is 15.9 Å². The van der Waals surface area contributed by atoms with E-state index in [2.05, 4.69) is 31.1 Å². The fourth-order valence-electron chi connectivity index (χ4n) is 0.965. The van der Waals surface area contributed by atoms with Crippen LogP contribution in [0.2, 0.25) is 0 Å². The van der Waals surface area contributed by atoms with E-state index in [-0.39, 0.29) is 0 Å². The Kier molecular flexibility index (Phi) is 1.78. The molecular formula is C6H6BrN5. The lowest BCUT2D eigenvalue weighted by molar-refractivity contribution is 0.878. The van der Waals surface area contributed by atoms with Gasteiger partial charge in [0.05, 0.1) is 12.7 Å². The lowest BCUT2D eigenvalue weighted by Crippen LogP contribution is -2.02. The quantitative estimate of drug-likeness (QED) is 0.764. The van der Waals surface area contributed by atoms with Crippen molar-refractivity contribution in [2.75, 3.05) is 0 Å². The zero-order valence-electron chi connectivity index (χ0n) is 6.11. The van der Waals surface area contributed by atoms with Crippen molar-refractivity contribution in [3.05, 3.63) is 22.8 Å². The summed E-state index contributed by atoms with van der Waals surface area (Å²) in [6, 6.07) is 0. The molecule has 0 fully saturated rings. The summed E-state index contributed by atoms with van der Waals surface area (Å²) < 4.78 is 2.54. The number of aromatic nitrogens is 4. The van der Waals surface area contributed by atoms with Crippen LogP contribution in [0.1, 0.15) is 5.82 Å². The van der Waals surface area contributed by atoms with Crippen LogP contribution in [0.3, 0.4) is 0 Å². The molecule has 0 atom stereocenters. The predicted octanol–water partition coefficient (Wildman–Crippen LogP) is 0.345. The molecule has 6 heteroatoms. The average molecular weight is 228 g/mol. The highest BCUT2D eigenvalue weighted by Gasteiger charge is 2.02. The topological polar surface area (TPSA) is 69.1 Å². The Morgan fingerprint density at radius 3 is 3.08 bits per heavy atom. The number of hydrogen-bond acceptors (Lipinski definition) is 4. The van der Waals surface area contributed by atoms with E-state index in [1.165, 1.54) is 0 Å². The minimum Gasteiger partial charge on any atom is -0.324 e. The summed E-state index contributed by atoms with van der Waals surface area (Å²) in [5.74, 6) is 0.730. The largest absolute Gasteiger partial charge is 0.324 e. The molecule has 2 aromatic heterocycles. The molecule has 0 radical (unpaired) electrons. The zero-order chi connectivity index (χ0) is 8.55. The number of hydrogen-bond donors (Lipinski definition) is 1. The first-order valence-corrected chi connectivity index (χ1v) is 4.16. The molecule has 62 valence electrons. The van der Waals surface area contributed by atoms with Crippen molar-refractivity contribution in [2.24, 2.45) is 5.73 Å². The van der Waals surface area contributed by atoms with Crippen LogP contribution >= 0.6 is 15.9 Å². The lowest BCUT2D eigenvalue weighted by atomic mass is 10.6. The zero-order valence-corrected chi connectivity index (χ0v) is 7.69. The van der Waals surface area contributed by atoms with Gasteiger partial charge in [0.25, 0.3) is 0 Å². The Labute approximate surface area is 76.7 Å². The Balaban J connectivity index is 2.75. The molecule has 2 N–H and O–H groups in total. The van der Waals surface area contributed by atoms with Gasteiger partial charge in [0.2, 0.25) is 0 Å². The van der Waals surface area contributed by atoms with Crippen LogP contribution in [0.4, 0.5) is 0 Å². The van der Waals surface area contributed by atoms with Crippen LogP contribution in [-0.2, 0) is 6.54 Å². The molecule has 0 aromatic carbocycles. The van der Waals surface area contributed by atoms with Gasteiger partial charge in [-0.15, -0.1) is 10.2 Å². The summed E-state index contributed by atoms with van der Waals surface area (Å²) in [6.45, 7) is 0.373. The van der Waals surface area contributed by atoms with E-state index in [9.17, 15) is 0 Å². The second kappa shape index (κ2) is 2.80. The molecule has 5 nitrogen and oxygen atoms in total. The average Bonchev–Trinajstić information content (AvgIpc) is 2.46. The van der Waals surface area contributed by atoms with Gasteiger partial charge in [-0.1, -0.05) is 0 Å². The summed E-state index contributed by atoms with van der Waals surface area (Å²) in [5, 5.41) is 7.76. The third-order valence-corrected chi connectivity index (χ3v) is 1.92. The van der Waals surface area contributed by atoms with Crippen molar-refractivity contribution in [2.45, 2.75) is 6.54 Å². The highest BCUT2D eigenvalue weighted by Crippen LogP contribution is 2.07. The molecule has 0 aliphatic rings. The maximum Gasteiger partial charge on any atom is 0.179 e. The highest BCUT2D eigenvalue weighted by molar-refractivity contribution is 9.10. The third-order valence-electron chi connectivity index (χ3n) is 1.51. The number of nitrogens with two attached hydrogens (primary N) is 1. The van der Waals surface area contributed by atoms with Crippen molar-refractivity contribution < 1.29 is 0 Å². The first kappa shape index (κ1) is 7.63. The number of nitrogens with zero attached hydrogens (tertiary/aromatic N) is 4. The van der Waals surface area contributed by atoms with E-state index in [0.717, 1.165) is 10.4 Å². The minimum atomic E-state index is 0.373. The summed E-state index contributed by atoms with van der Waals surface area (Å²) in [5.41, 5.74) is 6.16. The van der Waals surface area contributed by atoms with E-state index in [1.807, 2.05) is 0 Å². The minimum absolute atomic E-state index is 0.373. The van der Waals surface area contributed by atoms with Crippen molar-refractivity contribution in [3.8, 4) is 0 Å². The van der Waals surface area contributed by atoms with Gasteiger partial charge >= 0.3 is 0 Å². The van der Waals surface area contributed by atoms with Gasteiger partial charge in [-0.3, -0.25) is 4.40 Å². The van der Waals surface area contributed by atoms with Crippen LogP contribution in [0.15, 0.2) is 17.0 Å². The number of halogens is 1. The fourth-order valence-corrected chi connectivity index (χ4v) is 1.27. The van der Waals surface area contributed by atoms with Crippen molar-refractivity contribution >= 4 is 21.6 Å². The summed E-state index contributed by atoms with van der Waals surface area (Å²) in [6.07, 6.45) is 3.42. The summed E-state index contributed by atoms with van der Waals surface area (Å²) in [4.78, 5) is 4.01. The molecule has 0 bridgehead atoms. The first-order valence-electron chi connectivity index (χ1n) is 3.36. The van der Waals surface area contributed by atoms with Crippen LogP contribution in [0.5, 0.6) is 0 Å². The number of rotatable bonds is 1. The van der Waals surface area contributed by atoms with Crippen molar-refractivity contribution in [1.82, 2.24) is 19.6 Å². The smallest absolute Gasteiger partial charge is 0.179 e. The molecule has 2 rings (SSSR count). The maximum atomic E-state index is 5.45. The molecule has 2 heterocycles. The standard InChI is InChI=1S/C6H6BrN5/c7-4-3-12-5(1-8)10-11-6(12)2-9-4/h2-3H,1,8H2. The molecule has 2 aromatic rings. The molecular weight excluding hydrogens is 222 g/mol. The van der Waals surface area contributed by atoms with Gasteiger partial charge < -0.3 is 5.73 Å². The third kappa shape index (κ3) is 1.09. The molecule has 0 amide bonds. The van der Waals surface area contributed by atoms with Gasteiger partial charge in [-0.25, -0.2) is 4.98 Å². The van der Waals surface area contributed by atoms with E-state index in [0.29, 0.717) is 12.2 Å². The molecule has 0 saturated heterocycles. The van der Waals surface area contributed by atoms with Gasteiger partial charge in [0, 0.05) is 6.20 Å². The summed E-state index contributed by atoms with van der Waals surface area (Å²) >= 11 is 3.25. The van der Waals surface area contributed by atoms with Gasteiger partial charge in [0.15, 0.2) is 11.5 Å².